The molecule has 90 valence electrons. The van der Waals surface area contributed by atoms with Crippen LogP contribution in [0.25, 0.3) is 0 Å². The molecule has 0 aromatic heterocycles. The Balaban J connectivity index is 2.38. The zero-order chi connectivity index (χ0) is 12.4. The quantitative estimate of drug-likeness (QED) is 0.634. The summed E-state index contributed by atoms with van der Waals surface area (Å²) < 4.78 is 10.1. The molecule has 1 atom stereocenters. The summed E-state index contributed by atoms with van der Waals surface area (Å²) in [7, 11) is 1.45. The summed E-state index contributed by atoms with van der Waals surface area (Å²) in [6, 6.07) is 4.18. The van der Waals surface area contributed by atoms with Crippen molar-refractivity contribution in [1.82, 2.24) is 5.32 Å². The summed E-state index contributed by atoms with van der Waals surface area (Å²) in [4.78, 5) is 21.1. The number of benzene rings is 1. The fourth-order valence-corrected chi connectivity index (χ4v) is 1.65. The van der Waals surface area contributed by atoms with E-state index in [1.165, 1.54) is 25.3 Å². The number of methoxy groups -OCH3 is 1. The summed E-state index contributed by atoms with van der Waals surface area (Å²) in [5, 5.41) is 13.2. The first-order chi connectivity index (χ1) is 8.11. The monoisotopic (exact) mass is 238 g/mol. The normalized spacial score (nSPS) is 18.4. The van der Waals surface area contributed by atoms with E-state index in [0.717, 1.165) is 0 Å². The Hall–Kier alpha value is -2.31. The van der Waals surface area contributed by atoms with Gasteiger partial charge in [0.1, 0.15) is 11.9 Å². The molecular weight excluding hydrogens is 228 g/mol. The minimum Gasteiger partial charge on any atom is -0.496 e. The van der Waals surface area contributed by atoms with Crippen molar-refractivity contribution >= 4 is 11.8 Å². The van der Waals surface area contributed by atoms with Gasteiger partial charge in [-0.15, -0.1) is 0 Å². The molecule has 17 heavy (non-hydrogen) atoms. The SMILES string of the molecule is COc1ccc([N+](=O)[O-])cc1C1CNC(=O)O1. The number of hydrogen-bond donors (Lipinski definition) is 1. The van der Waals surface area contributed by atoms with Gasteiger partial charge in [0.2, 0.25) is 0 Å². The van der Waals surface area contributed by atoms with Gasteiger partial charge >= 0.3 is 6.09 Å². The van der Waals surface area contributed by atoms with Gasteiger partial charge in [-0.2, -0.15) is 0 Å². The number of rotatable bonds is 3. The molecule has 7 heteroatoms. The van der Waals surface area contributed by atoms with E-state index in [1.807, 2.05) is 0 Å². The molecule has 1 aliphatic heterocycles. The molecule has 1 aromatic rings. The number of nitrogens with one attached hydrogen (secondary N) is 1. The number of amides is 1. The van der Waals surface area contributed by atoms with Crippen LogP contribution in [0.5, 0.6) is 5.75 Å². The van der Waals surface area contributed by atoms with E-state index in [2.05, 4.69) is 5.32 Å². The Morgan fingerprint density at radius 1 is 1.59 bits per heavy atom. The van der Waals surface area contributed by atoms with E-state index in [9.17, 15) is 14.9 Å². The number of carbonyl (C=O) groups is 1. The Morgan fingerprint density at radius 3 is 2.88 bits per heavy atom. The number of nitro benzene ring substituents is 1. The van der Waals surface area contributed by atoms with Gasteiger partial charge in [0.05, 0.1) is 18.6 Å². The van der Waals surface area contributed by atoms with Crippen molar-refractivity contribution in [2.24, 2.45) is 0 Å². The lowest BCUT2D eigenvalue weighted by molar-refractivity contribution is -0.385. The highest BCUT2D eigenvalue weighted by atomic mass is 16.6. The van der Waals surface area contributed by atoms with E-state index in [4.69, 9.17) is 9.47 Å². The van der Waals surface area contributed by atoms with Gasteiger partial charge in [0.25, 0.3) is 5.69 Å². The predicted molar refractivity (Wildman–Crippen MR) is 56.9 cm³/mol. The van der Waals surface area contributed by atoms with E-state index in [0.29, 0.717) is 11.3 Å². The van der Waals surface area contributed by atoms with E-state index < -0.39 is 17.1 Å². The molecule has 0 spiro atoms. The fraction of sp³-hybridized carbons (Fsp3) is 0.300. The Kier molecular flexibility index (Phi) is 2.82. The molecule has 0 bridgehead atoms. The topological polar surface area (TPSA) is 90.7 Å². The lowest BCUT2D eigenvalue weighted by atomic mass is 10.1. The maximum absolute atomic E-state index is 10.9. The van der Waals surface area contributed by atoms with E-state index in [-0.39, 0.29) is 12.2 Å². The fourth-order valence-electron chi connectivity index (χ4n) is 1.65. The summed E-state index contributed by atoms with van der Waals surface area (Å²) in [6.07, 6.45) is -1.10. The molecule has 1 aromatic carbocycles. The number of carbonyl (C=O) groups excluding carboxylic acids is 1. The molecule has 1 amide bonds. The number of non-ortho nitro benzene ring substituents is 1. The van der Waals surface area contributed by atoms with Crippen LogP contribution in [0.3, 0.4) is 0 Å². The van der Waals surface area contributed by atoms with Crippen molar-refractivity contribution in [2.75, 3.05) is 13.7 Å². The molecule has 1 unspecified atom stereocenters. The van der Waals surface area contributed by atoms with Gasteiger partial charge in [-0.05, 0) is 6.07 Å². The standard InChI is InChI=1S/C10H10N2O5/c1-16-8-3-2-6(12(14)15)4-7(8)9-5-11-10(13)17-9/h2-4,9H,5H2,1H3,(H,11,13). The van der Waals surface area contributed by atoms with Crippen LogP contribution in [-0.4, -0.2) is 24.7 Å². The molecule has 0 radical (unpaired) electrons. The third-order valence-corrected chi connectivity index (χ3v) is 2.45. The number of nitrogens with zero attached hydrogens (tertiary/aromatic N) is 1. The van der Waals surface area contributed by atoms with Crippen LogP contribution in [-0.2, 0) is 4.74 Å². The molecule has 7 nitrogen and oxygen atoms in total. The van der Waals surface area contributed by atoms with Gasteiger partial charge in [-0.3, -0.25) is 10.1 Å². The second kappa shape index (κ2) is 4.28. The minimum atomic E-state index is -0.558. The van der Waals surface area contributed by atoms with Gasteiger partial charge in [-0.25, -0.2) is 4.79 Å². The highest BCUT2D eigenvalue weighted by Crippen LogP contribution is 2.32. The largest absolute Gasteiger partial charge is 0.496 e. The number of nitro groups is 1. The van der Waals surface area contributed by atoms with Crippen molar-refractivity contribution in [2.45, 2.75) is 6.10 Å². The van der Waals surface area contributed by atoms with Crippen LogP contribution in [0.4, 0.5) is 10.5 Å². The molecule has 1 N–H and O–H groups in total. The zero-order valence-corrected chi connectivity index (χ0v) is 9.00. The zero-order valence-electron chi connectivity index (χ0n) is 9.00. The number of hydrogen-bond acceptors (Lipinski definition) is 5. The van der Waals surface area contributed by atoms with Crippen LogP contribution >= 0.6 is 0 Å². The Bertz CT molecular complexity index is 474. The summed E-state index contributed by atoms with van der Waals surface area (Å²) in [5.41, 5.74) is 0.420. The number of cyclic esters (lactones) is 1. The maximum Gasteiger partial charge on any atom is 0.407 e. The van der Waals surface area contributed by atoms with Crippen molar-refractivity contribution in [1.29, 1.82) is 0 Å². The molecule has 0 saturated carbocycles. The van der Waals surface area contributed by atoms with E-state index in [1.54, 1.807) is 0 Å². The van der Waals surface area contributed by atoms with Gasteiger partial charge < -0.3 is 14.8 Å². The predicted octanol–water partition coefficient (Wildman–Crippen LogP) is 1.38. The average Bonchev–Trinajstić information content (AvgIpc) is 2.74. The Labute approximate surface area is 96.5 Å². The smallest absolute Gasteiger partial charge is 0.407 e. The third kappa shape index (κ3) is 2.12. The molecule has 0 aliphatic carbocycles. The molecule has 1 heterocycles. The minimum absolute atomic E-state index is 0.0660. The molecular formula is C10H10N2O5. The van der Waals surface area contributed by atoms with Crippen LogP contribution in [0.2, 0.25) is 0 Å². The first kappa shape index (κ1) is 11.2. The first-order valence-corrected chi connectivity index (χ1v) is 4.88. The van der Waals surface area contributed by atoms with Gasteiger partial charge in [0, 0.05) is 17.7 Å². The highest BCUT2D eigenvalue weighted by Gasteiger charge is 2.28. The van der Waals surface area contributed by atoms with E-state index >= 15 is 0 Å². The lowest BCUT2D eigenvalue weighted by Gasteiger charge is -2.12. The van der Waals surface area contributed by atoms with Crippen LogP contribution < -0.4 is 10.1 Å². The Morgan fingerprint density at radius 2 is 2.35 bits per heavy atom. The van der Waals surface area contributed by atoms with Crippen molar-refractivity contribution in [3.8, 4) is 5.75 Å². The average molecular weight is 238 g/mol. The van der Waals surface area contributed by atoms with Crippen LogP contribution in [0.1, 0.15) is 11.7 Å². The highest BCUT2D eigenvalue weighted by molar-refractivity contribution is 5.70. The van der Waals surface area contributed by atoms with Gasteiger partial charge in [0.15, 0.2) is 0 Å². The van der Waals surface area contributed by atoms with Crippen LogP contribution in [0, 0.1) is 10.1 Å². The third-order valence-electron chi connectivity index (χ3n) is 2.45. The van der Waals surface area contributed by atoms with Crippen molar-refractivity contribution in [3.05, 3.63) is 33.9 Å². The van der Waals surface area contributed by atoms with Gasteiger partial charge in [-0.1, -0.05) is 0 Å². The molecule has 1 fully saturated rings. The summed E-state index contributed by atoms with van der Waals surface area (Å²) in [5.74, 6) is 0.456. The second-order valence-corrected chi connectivity index (χ2v) is 3.46. The van der Waals surface area contributed by atoms with Crippen molar-refractivity contribution in [3.63, 3.8) is 0 Å². The van der Waals surface area contributed by atoms with Crippen molar-refractivity contribution < 1.29 is 19.2 Å². The molecule has 2 rings (SSSR count). The van der Waals surface area contributed by atoms with Crippen LogP contribution in [0.15, 0.2) is 18.2 Å². The first-order valence-electron chi connectivity index (χ1n) is 4.88. The molecule has 1 saturated heterocycles. The maximum atomic E-state index is 10.9. The lowest BCUT2D eigenvalue weighted by Crippen LogP contribution is -2.12. The molecule has 1 aliphatic rings. The summed E-state index contributed by atoms with van der Waals surface area (Å²) in [6.45, 7) is 0.274. The number of alkyl carbamates (subject to hydrolysis) is 1. The number of ether oxygens (including phenoxy) is 2. The summed E-state index contributed by atoms with van der Waals surface area (Å²) >= 11 is 0. The second-order valence-electron chi connectivity index (χ2n) is 3.46.